The van der Waals surface area contributed by atoms with Crippen molar-refractivity contribution in [3.8, 4) is 11.5 Å². The van der Waals surface area contributed by atoms with E-state index < -0.39 is 4.92 Å². The van der Waals surface area contributed by atoms with Gasteiger partial charge in [-0.05, 0) is 34.1 Å². The van der Waals surface area contributed by atoms with E-state index in [1.807, 2.05) is 0 Å². The molecule has 0 radical (unpaired) electrons. The lowest BCUT2D eigenvalue weighted by Gasteiger charge is -2.11. The summed E-state index contributed by atoms with van der Waals surface area (Å²) in [5.74, 6) is 0.803. The summed E-state index contributed by atoms with van der Waals surface area (Å²) in [5.41, 5.74) is 6.33. The van der Waals surface area contributed by atoms with Gasteiger partial charge in [-0.1, -0.05) is 17.7 Å². The monoisotopic (exact) mass is 356 g/mol. The fourth-order valence-electron chi connectivity index (χ4n) is 1.59. The molecule has 0 amide bonds. The minimum absolute atomic E-state index is 0.0560. The van der Waals surface area contributed by atoms with Crippen LogP contribution in [0.15, 0.2) is 40.9 Å². The molecule has 0 unspecified atom stereocenters. The molecule has 20 heavy (non-hydrogen) atoms. The first kappa shape index (κ1) is 14.8. The second kappa shape index (κ2) is 6.21. The third-order valence-corrected chi connectivity index (χ3v) is 3.48. The van der Waals surface area contributed by atoms with Crippen molar-refractivity contribution in [2.24, 2.45) is 5.73 Å². The van der Waals surface area contributed by atoms with E-state index in [-0.39, 0.29) is 12.2 Å². The summed E-state index contributed by atoms with van der Waals surface area (Å²) in [4.78, 5) is 10.3. The Labute approximate surface area is 128 Å². The van der Waals surface area contributed by atoms with Gasteiger partial charge in [0.25, 0.3) is 5.69 Å². The Morgan fingerprint density at radius 2 is 2.00 bits per heavy atom. The van der Waals surface area contributed by atoms with E-state index in [2.05, 4.69) is 15.9 Å². The molecule has 0 bridgehead atoms. The standard InChI is InChI=1S/C13H10BrClN2O3/c14-11-4-3-10(17(18)19)6-13(11)20-12-5-9(15)2-1-8(12)7-16/h1-6H,7,16H2. The van der Waals surface area contributed by atoms with Crippen LogP contribution in [0.2, 0.25) is 5.02 Å². The van der Waals surface area contributed by atoms with Gasteiger partial charge in [0.1, 0.15) is 11.5 Å². The van der Waals surface area contributed by atoms with Gasteiger partial charge in [-0.3, -0.25) is 10.1 Å². The second-order valence-electron chi connectivity index (χ2n) is 3.93. The normalized spacial score (nSPS) is 10.3. The lowest BCUT2D eigenvalue weighted by Crippen LogP contribution is -2.00. The molecule has 0 aliphatic carbocycles. The van der Waals surface area contributed by atoms with Crippen molar-refractivity contribution in [3.05, 3.63) is 61.6 Å². The van der Waals surface area contributed by atoms with Crippen molar-refractivity contribution < 1.29 is 9.66 Å². The molecule has 0 aliphatic rings. The first-order valence-electron chi connectivity index (χ1n) is 5.61. The van der Waals surface area contributed by atoms with E-state index in [0.717, 1.165) is 5.56 Å². The van der Waals surface area contributed by atoms with Crippen LogP contribution < -0.4 is 10.5 Å². The first-order valence-corrected chi connectivity index (χ1v) is 6.78. The maximum Gasteiger partial charge on any atom is 0.273 e. The van der Waals surface area contributed by atoms with Gasteiger partial charge in [0.05, 0.1) is 15.5 Å². The third kappa shape index (κ3) is 3.27. The topological polar surface area (TPSA) is 78.4 Å². The summed E-state index contributed by atoms with van der Waals surface area (Å²) >= 11 is 9.21. The van der Waals surface area contributed by atoms with E-state index in [9.17, 15) is 10.1 Å². The average molecular weight is 358 g/mol. The van der Waals surface area contributed by atoms with Crippen molar-refractivity contribution in [1.29, 1.82) is 0 Å². The Morgan fingerprint density at radius 3 is 2.65 bits per heavy atom. The van der Waals surface area contributed by atoms with Crippen LogP contribution in [0.4, 0.5) is 5.69 Å². The van der Waals surface area contributed by atoms with E-state index in [0.29, 0.717) is 21.0 Å². The van der Waals surface area contributed by atoms with Gasteiger partial charge in [-0.2, -0.15) is 0 Å². The molecule has 0 aliphatic heterocycles. The predicted molar refractivity (Wildman–Crippen MR) is 80.2 cm³/mol. The molecule has 0 heterocycles. The van der Waals surface area contributed by atoms with Gasteiger partial charge < -0.3 is 10.5 Å². The second-order valence-corrected chi connectivity index (χ2v) is 5.22. The highest BCUT2D eigenvalue weighted by atomic mass is 79.9. The number of hydrogen-bond acceptors (Lipinski definition) is 4. The zero-order valence-electron chi connectivity index (χ0n) is 10.2. The molecular formula is C13H10BrClN2O3. The Kier molecular flexibility index (Phi) is 4.59. The lowest BCUT2D eigenvalue weighted by atomic mass is 10.2. The highest BCUT2D eigenvalue weighted by Crippen LogP contribution is 2.35. The highest BCUT2D eigenvalue weighted by Gasteiger charge is 2.13. The van der Waals surface area contributed by atoms with E-state index in [4.69, 9.17) is 22.1 Å². The van der Waals surface area contributed by atoms with Crippen LogP contribution >= 0.6 is 27.5 Å². The summed E-state index contributed by atoms with van der Waals surface area (Å²) in [6, 6.07) is 9.36. The highest BCUT2D eigenvalue weighted by molar-refractivity contribution is 9.10. The van der Waals surface area contributed by atoms with Crippen LogP contribution in [0, 0.1) is 10.1 Å². The molecule has 2 N–H and O–H groups in total. The molecule has 0 saturated carbocycles. The number of ether oxygens (including phenoxy) is 1. The number of rotatable bonds is 4. The van der Waals surface area contributed by atoms with E-state index in [1.54, 1.807) is 24.3 Å². The summed E-state index contributed by atoms with van der Waals surface area (Å²) in [6.07, 6.45) is 0. The first-order chi connectivity index (χ1) is 9.51. The summed E-state index contributed by atoms with van der Waals surface area (Å²) in [6.45, 7) is 0.277. The van der Waals surface area contributed by atoms with Crippen LogP contribution in [0.3, 0.4) is 0 Å². The van der Waals surface area contributed by atoms with Crippen LogP contribution in [-0.4, -0.2) is 4.92 Å². The fraction of sp³-hybridized carbons (Fsp3) is 0.0769. The van der Waals surface area contributed by atoms with Crippen LogP contribution in [-0.2, 0) is 6.54 Å². The molecule has 104 valence electrons. The SMILES string of the molecule is NCc1ccc(Cl)cc1Oc1cc([N+](=O)[O-])ccc1Br. The number of nitro groups is 1. The smallest absolute Gasteiger partial charge is 0.273 e. The van der Waals surface area contributed by atoms with Gasteiger partial charge in [0, 0.05) is 23.2 Å². The minimum Gasteiger partial charge on any atom is -0.456 e. The molecule has 0 spiro atoms. The Morgan fingerprint density at radius 1 is 1.25 bits per heavy atom. The van der Waals surface area contributed by atoms with Crippen molar-refractivity contribution in [2.45, 2.75) is 6.54 Å². The number of nitro benzene ring substituents is 1. The third-order valence-electron chi connectivity index (χ3n) is 2.59. The Hall–Kier alpha value is -1.63. The van der Waals surface area contributed by atoms with E-state index in [1.165, 1.54) is 12.1 Å². The maximum atomic E-state index is 10.8. The Bertz CT molecular complexity index is 664. The van der Waals surface area contributed by atoms with Gasteiger partial charge in [-0.25, -0.2) is 0 Å². The molecule has 5 nitrogen and oxygen atoms in total. The number of benzene rings is 2. The summed E-state index contributed by atoms with van der Waals surface area (Å²) in [7, 11) is 0. The van der Waals surface area contributed by atoms with Crippen molar-refractivity contribution in [3.63, 3.8) is 0 Å². The molecule has 7 heteroatoms. The number of nitrogens with two attached hydrogens (primary N) is 1. The van der Waals surface area contributed by atoms with Gasteiger partial charge >= 0.3 is 0 Å². The van der Waals surface area contributed by atoms with Crippen LogP contribution in [0.5, 0.6) is 11.5 Å². The maximum absolute atomic E-state index is 10.8. The summed E-state index contributed by atoms with van der Waals surface area (Å²) < 4.78 is 6.29. The Balaban J connectivity index is 2.41. The van der Waals surface area contributed by atoms with E-state index >= 15 is 0 Å². The molecule has 2 aromatic carbocycles. The molecule has 2 rings (SSSR count). The van der Waals surface area contributed by atoms with Crippen molar-refractivity contribution >= 4 is 33.2 Å². The van der Waals surface area contributed by atoms with Gasteiger partial charge in [-0.15, -0.1) is 0 Å². The minimum atomic E-state index is -0.485. The largest absolute Gasteiger partial charge is 0.456 e. The molecule has 0 aromatic heterocycles. The molecule has 0 fully saturated rings. The zero-order chi connectivity index (χ0) is 14.7. The van der Waals surface area contributed by atoms with Gasteiger partial charge in [0.2, 0.25) is 0 Å². The number of non-ortho nitro benzene ring substituents is 1. The number of halogens is 2. The van der Waals surface area contributed by atoms with Crippen molar-refractivity contribution in [2.75, 3.05) is 0 Å². The number of hydrogen-bond donors (Lipinski definition) is 1. The average Bonchev–Trinajstić information content (AvgIpc) is 2.41. The summed E-state index contributed by atoms with van der Waals surface area (Å²) in [5, 5.41) is 11.3. The molecule has 0 atom stereocenters. The zero-order valence-corrected chi connectivity index (χ0v) is 12.5. The molecule has 2 aromatic rings. The van der Waals surface area contributed by atoms with Crippen LogP contribution in [0.25, 0.3) is 0 Å². The molecule has 0 saturated heterocycles. The predicted octanol–water partition coefficient (Wildman–Crippen LogP) is 4.26. The van der Waals surface area contributed by atoms with Crippen molar-refractivity contribution in [1.82, 2.24) is 0 Å². The lowest BCUT2D eigenvalue weighted by molar-refractivity contribution is -0.384. The fourth-order valence-corrected chi connectivity index (χ4v) is 2.08. The van der Waals surface area contributed by atoms with Crippen LogP contribution in [0.1, 0.15) is 5.56 Å². The number of nitrogens with zero attached hydrogens (tertiary/aromatic N) is 1. The van der Waals surface area contributed by atoms with Gasteiger partial charge in [0.15, 0.2) is 0 Å². The molecular weight excluding hydrogens is 348 g/mol. The quantitative estimate of drug-likeness (QED) is 0.655.